The van der Waals surface area contributed by atoms with Crippen LogP contribution in [0.2, 0.25) is 0 Å². The number of hydrogen-bond donors (Lipinski definition) is 0. The minimum Gasteiger partial charge on any atom is -0.456 e. The van der Waals surface area contributed by atoms with E-state index in [4.69, 9.17) is 28.4 Å². The van der Waals surface area contributed by atoms with Crippen LogP contribution in [0.1, 0.15) is 84.5 Å². The van der Waals surface area contributed by atoms with Crippen LogP contribution in [0.5, 0.6) is 0 Å². The molecule has 0 aromatic rings. The summed E-state index contributed by atoms with van der Waals surface area (Å²) in [4.78, 5) is 48.3. The zero-order valence-corrected chi connectivity index (χ0v) is 22.5. The van der Waals surface area contributed by atoms with Crippen LogP contribution in [0.4, 0.5) is 0 Å². The summed E-state index contributed by atoms with van der Waals surface area (Å²) in [5.41, 5.74) is -1.10. The van der Waals surface area contributed by atoms with E-state index in [1.807, 2.05) is 0 Å². The van der Waals surface area contributed by atoms with Crippen molar-refractivity contribution in [1.29, 1.82) is 0 Å². The summed E-state index contributed by atoms with van der Waals surface area (Å²) in [7, 11) is 0. The van der Waals surface area contributed by atoms with Crippen LogP contribution in [0, 0.1) is 11.8 Å². The molecule has 0 heterocycles. The van der Waals surface area contributed by atoms with Gasteiger partial charge in [-0.25, -0.2) is 19.2 Å². The number of esters is 4. The lowest BCUT2D eigenvalue weighted by Gasteiger charge is -2.60. The van der Waals surface area contributed by atoms with Gasteiger partial charge in [0.2, 0.25) is 6.29 Å². The third-order valence-electron chi connectivity index (χ3n) is 8.03. The fourth-order valence-corrected chi connectivity index (χ4v) is 7.02. The van der Waals surface area contributed by atoms with Crippen molar-refractivity contribution in [3.8, 4) is 0 Å². The van der Waals surface area contributed by atoms with E-state index in [0.717, 1.165) is 57.8 Å². The summed E-state index contributed by atoms with van der Waals surface area (Å²) in [5.74, 6) is -2.01. The zero-order valence-electron chi connectivity index (χ0n) is 22.5. The molecule has 0 amide bonds. The predicted octanol–water partition coefficient (Wildman–Crippen LogP) is 3.54. The first-order valence-corrected chi connectivity index (χ1v) is 13.7. The Labute approximate surface area is 223 Å². The average Bonchev–Trinajstić information content (AvgIpc) is 2.84. The van der Waals surface area contributed by atoms with Crippen LogP contribution >= 0.6 is 0 Å². The Morgan fingerprint density at radius 3 is 2.13 bits per heavy atom. The maximum absolute atomic E-state index is 12.6. The van der Waals surface area contributed by atoms with E-state index < -0.39 is 54.6 Å². The molecule has 0 aromatic carbocycles. The van der Waals surface area contributed by atoms with Crippen LogP contribution in [0.3, 0.4) is 0 Å². The van der Waals surface area contributed by atoms with Gasteiger partial charge in [0.25, 0.3) is 0 Å². The lowest BCUT2D eigenvalue weighted by Crippen LogP contribution is -2.61. The van der Waals surface area contributed by atoms with Crippen molar-refractivity contribution >= 4 is 23.9 Å². The highest BCUT2D eigenvalue weighted by Gasteiger charge is 2.60. The van der Waals surface area contributed by atoms with Crippen molar-refractivity contribution in [3.63, 3.8) is 0 Å². The minimum atomic E-state index is -0.845. The van der Waals surface area contributed by atoms with Crippen molar-refractivity contribution < 1.29 is 47.6 Å². The van der Waals surface area contributed by atoms with Crippen LogP contribution in [0.25, 0.3) is 0 Å². The molecule has 10 nitrogen and oxygen atoms in total. The van der Waals surface area contributed by atoms with Crippen molar-refractivity contribution in [2.24, 2.45) is 11.8 Å². The summed E-state index contributed by atoms with van der Waals surface area (Å²) < 4.78 is 33.1. The Bertz CT molecular complexity index is 907. The first-order valence-electron chi connectivity index (χ1n) is 13.7. The van der Waals surface area contributed by atoms with Crippen molar-refractivity contribution in [1.82, 2.24) is 0 Å². The average molecular weight is 537 g/mol. The third kappa shape index (κ3) is 7.56. The molecule has 10 heteroatoms. The number of carbonyl (C=O) groups is 4. The first kappa shape index (κ1) is 28.5. The summed E-state index contributed by atoms with van der Waals surface area (Å²) in [6, 6.07) is 0. The Morgan fingerprint density at radius 1 is 0.842 bits per heavy atom. The molecule has 5 rings (SSSR count). The summed E-state index contributed by atoms with van der Waals surface area (Å²) in [6.07, 6.45) is 9.61. The van der Waals surface area contributed by atoms with Gasteiger partial charge in [0.05, 0.1) is 11.7 Å². The fraction of sp³-hybridized carbons (Fsp3) is 0.786. The second kappa shape index (κ2) is 12.2. The smallest absolute Gasteiger partial charge is 0.344 e. The van der Waals surface area contributed by atoms with Crippen molar-refractivity contribution in [2.45, 2.75) is 108 Å². The molecule has 5 aliphatic rings. The lowest BCUT2D eigenvalue weighted by atomic mass is 9.52. The van der Waals surface area contributed by atoms with Crippen molar-refractivity contribution in [3.05, 3.63) is 12.2 Å². The van der Waals surface area contributed by atoms with Crippen molar-refractivity contribution in [2.75, 3.05) is 19.8 Å². The highest BCUT2D eigenvalue weighted by atomic mass is 16.7. The van der Waals surface area contributed by atoms with Gasteiger partial charge < -0.3 is 28.4 Å². The monoisotopic (exact) mass is 536 g/mol. The van der Waals surface area contributed by atoms with Gasteiger partial charge in [0.15, 0.2) is 13.2 Å². The quantitative estimate of drug-likeness (QED) is 0.158. The molecule has 38 heavy (non-hydrogen) atoms. The van der Waals surface area contributed by atoms with E-state index >= 15 is 0 Å². The fourth-order valence-electron chi connectivity index (χ4n) is 7.02. The molecule has 4 bridgehead atoms. The van der Waals surface area contributed by atoms with E-state index in [1.165, 1.54) is 13.3 Å². The van der Waals surface area contributed by atoms with Crippen LogP contribution in [-0.2, 0) is 47.6 Å². The van der Waals surface area contributed by atoms with E-state index in [1.54, 1.807) is 6.92 Å². The molecule has 0 aliphatic heterocycles. The normalized spacial score (nSPS) is 30.8. The Hall–Kier alpha value is -2.46. The molecular weight excluding hydrogens is 496 g/mol. The van der Waals surface area contributed by atoms with E-state index in [0.29, 0.717) is 18.3 Å². The molecule has 3 unspecified atom stereocenters. The summed E-state index contributed by atoms with van der Waals surface area (Å²) in [6.45, 7) is 5.28. The van der Waals surface area contributed by atoms with Gasteiger partial charge in [-0.15, -0.1) is 0 Å². The molecule has 0 aromatic heterocycles. The molecule has 212 valence electrons. The molecular formula is C28H40O10. The Morgan fingerprint density at radius 2 is 1.47 bits per heavy atom. The van der Waals surface area contributed by atoms with Gasteiger partial charge in [0, 0.05) is 12.0 Å². The highest BCUT2D eigenvalue weighted by molar-refractivity contribution is 5.88. The van der Waals surface area contributed by atoms with Crippen LogP contribution in [-0.4, -0.2) is 67.3 Å². The van der Waals surface area contributed by atoms with Gasteiger partial charge in [-0.1, -0.05) is 25.8 Å². The second-order valence-electron chi connectivity index (χ2n) is 11.6. The van der Waals surface area contributed by atoms with Gasteiger partial charge in [-0.2, -0.15) is 0 Å². The number of ether oxygens (including phenoxy) is 6. The highest BCUT2D eigenvalue weighted by Crippen LogP contribution is 2.60. The number of hydrogen-bond acceptors (Lipinski definition) is 10. The molecule has 5 fully saturated rings. The van der Waals surface area contributed by atoms with Gasteiger partial charge >= 0.3 is 23.9 Å². The molecule has 0 spiro atoms. The zero-order chi connectivity index (χ0) is 27.3. The number of carbonyl (C=O) groups excluding carboxylic acids is 4. The Kier molecular flexibility index (Phi) is 9.13. The topological polar surface area (TPSA) is 124 Å². The third-order valence-corrected chi connectivity index (χ3v) is 8.03. The summed E-state index contributed by atoms with van der Waals surface area (Å²) in [5, 5.41) is 0. The molecule has 0 N–H and O–H groups in total. The minimum absolute atomic E-state index is 0.135. The largest absolute Gasteiger partial charge is 0.456 e. The number of rotatable bonds is 12. The molecule has 0 radical (unpaired) electrons. The maximum atomic E-state index is 12.6. The van der Waals surface area contributed by atoms with E-state index in [-0.39, 0.29) is 18.3 Å². The Balaban J connectivity index is 1.24. The predicted molar refractivity (Wildman–Crippen MR) is 132 cm³/mol. The molecule has 0 saturated heterocycles. The standard InChI is InChI=1S/C28H40O10/c1-18(2)26(32)34-14-23(29)33-15-25(31)38-28-12-20-9-21(13-28)11-27(10-20,17-28)35-16-24(30)37-19(3)36-22-7-5-4-6-8-22/h19-22H,1,4-17H2,2-3H3. The van der Waals surface area contributed by atoms with Gasteiger partial charge in [0.1, 0.15) is 12.2 Å². The maximum Gasteiger partial charge on any atom is 0.344 e. The van der Waals surface area contributed by atoms with Gasteiger partial charge in [-0.05, 0) is 70.6 Å². The van der Waals surface area contributed by atoms with Gasteiger partial charge in [-0.3, -0.25) is 0 Å². The second-order valence-corrected chi connectivity index (χ2v) is 11.6. The molecule has 3 atom stereocenters. The summed E-state index contributed by atoms with van der Waals surface area (Å²) >= 11 is 0. The van der Waals surface area contributed by atoms with Crippen LogP contribution in [0.15, 0.2) is 12.2 Å². The molecule has 5 aliphatic carbocycles. The van der Waals surface area contributed by atoms with E-state index in [9.17, 15) is 19.2 Å². The van der Waals surface area contributed by atoms with E-state index in [2.05, 4.69) is 6.58 Å². The van der Waals surface area contributed by atoms with Crippen LogP contribution < -0.4 is 0 Å². The first-order chi connectivity index (χ1) is 18.1. The SMILES string of the molecule is C=C(C)C(=O)OCC(=O)OCC(=O)OC12CC3CC(CC(OCC(=O)OC(C)OC4CCCCC4)(C3)C1)C2. The molecule has 5 saturated carbocycles. The lowest BCUT2D eigenvalue weighted by molar-refractivity contribution is -0.241.